The Morgan fingerprint density at radius 1 is 1.21 bits per heavy atom. The van der Waals surface area contributed by atoms with Gasteiger partial charge in [0.2, 0.25) is 0 Å². The molecule has 132 valence electrons. The lowest BCUT2D eigenvalue weighted by Gasteiger charge is -2.26. The molecule has 9 heteroatoms. The van der Waals surface area contributed by atoms with E-state index < -0.39 is 12.6 Å². The Hall–Kier alpha value is -1.24. The summed E-state index contributed by atoms with van der Waals surface area (Å²) in [7, 11) is 0. The monoisotopic (exact) mass is 393 g/mol. The highest BCUT2D eigenvalue weighted by atomic mass is 35.5. The Balaban J connectivity index is 1.90. The Bertz CT molecular complexity index is 647. The molecule has 0 spiro atoms. The number of esters is 1. The molecular weight excluding hydrogens is 377 g/mol. The number of nitrogen functional groups attached to an aromatic ring is 1. The van der Waals surface area contributed by atoms with E-state index in [1.807, 2.05) is 0 Å². The number of rotatable bonds is 4. The molecule has 0 aromatic carbocycles. The summed E-state index contributed by atoms with van der Waals surface area (Å²) in [5.41, 5.74) is 5.30. The fraction of sp³-hybridized carbons (Fsp3) is 0.533. The van der Waals surface area contributed by atoms with E-state index in [4.69, 9.17) is 45.3 Å². The molecule has 3 N–H and O–H groups in total. The second-order valence-corrected chi connectivity index (χ2v) is 7.01. The van der Waals surface area contributed by atoms with Gasteiger partial charge in [-0.25, -0.2) is 9.78 Å². The smallest absolute Gasteiger partial charge is 0.359 e. The van der Waals surface area contributed by atoms with Crippen molar-refractivity contribution in [2.75, 3.05) is 12.3 Å². The summed E-state index contributed by atoms with van der Waals surface area (Å²) >= 11 is 17.5. The van der Waals surface area contributed by atoms with Gasteiger partial charge in [-0.05, 0) is 31.6 Å². The molecule has 0 atom stereocenters. The van der Waals surface area contributed by atoms with E-state index in [0.717, 1.165) is 25.7 Å². The first-order chi connectivity index (χ1) is 11.3. The average molecular weight is 395 g/mol. The summed E-state index contributed by atoms with van der Waals surface area (Å²) in [6.45, 7) is 1.77. The van der Waals surface area contributed by atoms with E-state index >= 15 is 0 Å². The molecule has 0 radical (unpaired) electrons. The zero-order valence-corrected chi connectivity index (χ0v) is 15.3. The van der Waals surface area contributed by atoms with E-state index in [1.54, 1.807) is 0 Å². The SMILES string of the molecule is CC1CCC(NC(=O)COC(=O)c2nc(Cl)c(Cl)c(N)c2Cl)CC1. The van der Waals surface area contributed by atoms with Crippen LogP contribution in [0.4, 0.5) is 5.69 Å². The van der Waals surface area contributed by atoms with Gasteiger partial charge in [0.05, 0.1) is 10.7 Å². The third kappa shape index (κ3) is 4.65. The van der Waals surface area contributed by atoms with Crippen molar-refractivity contribution >= 4 is 52.4 Å². The van der Waals surface area contributed by atoms with Crippen LogP contribution in [0.2, 0.25) is 15.2 Å². The number of amides is 1. The van der Waals surface area contributed by atoms with Gasteiger partial charge in [0.15, 0.2) is 17.5 Å². The molecule has 6 nitrogen and oxygen atoms in total. The van der Waals surface area contributed by atoms with Crippen molar-refractivity contribution in [2.45, 2.75) is 38.6 Å². The fourth-order valence-corrected chi connectivity index (χ4v) is 3.13. The normalized spacial score (nSPS) is 20.5. The lowest BCUT2D eigenvalue weighted by Crippen LogP contribution is -2.39. The van der Waals surface area contributed by atoms with Crippen LogP contribution in [0.1, 0.15) is 43.1 Å². The Labute approximate surface area is 155 Å². The number of nitrogens with zero attached hydrogens (tertiary/aromatic N) is 1. The minimum atomic E-state index is -0.891. The van der Waals surface area contributed by atoms with Crippen molar-refractivity contribution in [3.05, 3.63) is 20.9 Å². The van der Waals surface area contributed by atoms with Gasteiger partial charge in [-0.2, -0.15) is 0 Å². The van der Waals surface area contributed by atoms with E-state index in [9.17, 15) is 9.59 Å². The van der Waals surface area contributed by atoms with Gasteiger partial charge in [-0.3, -0.25) is 4.79 Å². The third-order valence-electron chi connectivity index (χ3n) is 3.98. The van der Waals surface area contributed by atoms with Crippen molar-refractivity contribution in [3.63, 3.8) is 0 Å². The number of ether oxygens (including phenoxy) is 1. The van der Waals surface area contributed by atoms with Crippen LogP contribution in [0, 0.1) is 5.92 Å². The number of carbonyl (C=O) groups is 2. The number of aromatic nitrogens is 1. The quantitative estimate of drug-likeness (QED) is 0.602. The first-order valence-electron chi connectivity index (χ1n) is 7.56. The Morgan fingerprint density at radius 3 is 2.46 bits per heavy atom. The fourth-order valence-electron chi connectivity index (χ4n) is 2.54. The molecule has 0 unspecified atom stereocenters. The molecule has 1 amide bonds. The second kappa shape index (κ2) is 8.23. The van der Waals surface area contributed by atoms with Crippen LogP contribution in [0.15, 0.2) is 0 Å². The molecule has 0 aliphatic heterocycles. The number of halogens is 3. The van der Waals surface area contributed by atoms with E-state index in [2.05, 4.69) is 17.2 Å². The van der Waals surface area contributed by atoms with Crippen LogP contribution in [0.3, 0.4) is 0 Å². The molecule has 0 bridgehead atoms. The summed E-state index contributed by atoms with van der Waals surface area (Å²) in [5.74, 6) is -0.575. The minimum Gasteiger partial charge on any atom is -0.451 e. The predicted octanol–water partition coefficient (Wildman–Crippen LogP) is 3.48. The standard InChI is InChI=1S/C15H18Cl3N3O3/c1-7-2-4-8(5-3-7)20-9(22)6-24-15(23)13-10(16)12(19)11(17)14(18)21-13/h7-8H,2-6H2,1H3,(H2,19,21)(H,20,22). The number of nitrogens with two attached hydrogens (primary N) is 1. The highest BCUT2D eigenvalue weighted by Crippen LogP contribution is 2.34. The van der Waals surface area contributed by atoms with E-state index in [1.165, 1.54) is 0 Å². The average Bonchev–Trinajstić information content (AvgIpc) is 2.56. The highest BCUT2D eigenvalue weighted by Gasteiger charge is 2.23. The number of nitrogens with one attached hydrogen (secondary N) is 1. The maximum Gasteiger partial charge on any atom is 0.359 e. The van der Waals surface area contributed by atoms with Gasteiger partial charge >= 0.3 is 5.97 Å². The van der Waals surface area contributed by atoms with Gasteiger partial charge in [0.25, 0.3) is 5.91 Å². The molecule has 1 aliphatic rings. The maximum absolute atomic E-state index is 12.0. The molecule has 1 aromatic rings. The van der Waals surface area contributed by atoms with E-state index in [-0.39, 0.29) is 38.5 Å². The molecular formula is C15H18Cl3N3O3. The minimum absolute atomic E-state index is 0.0394. The Kier molecular flexibility index (Phi) is 6.54. The topological polar surface area (TPSA) is 94.3 Å². The number of anilines is 1. The molecule has 1 fully saturated rings. The van der Waals surface area contributed by atoms with Crippen LogP contribution in [-0.2, 0) is 9.53 Å². The Morgan fingerprint density at radius 2 is 1.83 bits per heavy atom. The van der Waals surface area contributed by atoms with E-state index in [0.29, 0.717) is 5.92 Å². The second-order valence-electron chi connectivity index (χ2n) is 5.89. The first-order valence-corrected chi connectivity index (χ1v) is 8.69. The van der Waals surface area contributed by atoms with Crippen LogP contribution in [-0.4, -0.2) is 29.5 Å². The summed E-state index contributed by atoms with van der Waals surface area (Å²) in [4.78, 5) is 27.7. The van der Waals surface area contributed by atoms with Gasteiger partial charge in [0.1, 0.15) is 5.02 Å². The van der Waals surface area contributed by atoms with Gasteiger partial charge < -0.3 is 15.8 Å². The zero-order chi connectivity index (χ0) is 17.9. The van der Waals surface area contributed by atoms with Crippen LogP contribution >= 0.6 is 34.8 Å². The first kappa shape index (κ1) is 19.1. The molecule has 24 heavy (non-hydrogen) atoms. The predicted molar refractivity (Wildman–Crippen MR) is 93.5 cm³/mol. The van der Waals surface area contributed by atoms with Crippen molar-refractivity contribution in [1.29, 1.82) is 0 Å². The van der Waals surface area contributed by atoms with Gasteiger partial charge in [-0.1, -0.05) is 41.7 Å². The van der Waals surface area contributed by atoms with Gasteiger partial charge in [-0.15, -0.1) is 0 Å². The lowest BCUT2D eigenvalue weighted by molar-refractivity contribution is -0.125. The molecule has 1 aromatic heterocycles. The summed E-state index contributed by atoms with van der Waals surface area (Å²) in [6, 6.07) is 0.120. The molecule has 1 aliphatic carbocycles. The zero-order valence-electron chi connectivity index (χ0n) is 13.1. The number of carbonyl (C=O) groups excluding carboxylic acids is 2. The highest BCUT2D eigenvalue weighted by molar-refractivity contribution is 6.46. The number of hydrogen-bond acceptors (Lipinski definition) is 5. The van der Waals surface area contributed by atoms with Crippen molar-refractivity contribution in [2.24, 2.45) is 5.92 Å². The van der Waals surface area contributed by atoms with Gasteiger partial charge in [0, 0.05) is 6.04 Å². The van der Waals surface area contributed by atoms with Crippen molar-refractivity contribution in [1.82, 2.24) is 10.3 Å². The molecule has 0 saturated heterocycles. The van der Waals surface area contributed by atoms with Crippen LogP contribution < -0.4 is 11.1 Å². The van der Waals surface area contributed by atoms with Crippen molar-refractivity contribution < 1.29 is 14.3 Å². The maximum atomic E-state index is 12.0. The number of hydrogen-bond donors (Lipinski definition) is 2. The third-order valence-corrected chi connectivity index (χ3v) is 5.12. The summed E-state index contributed by atoms with van der Waals surface area (Å²) in [5, 5.41) is 2.49. The summed E-state index contributed by atoms with van der Waals surface area (Å²) < 4.78 is 4.93. The van der Waals surface area contributed by atoms with Crippen LogP contribution in [0.5, 0.6) is 0 Å². The molecule has 2 rings (SSSR count). The lowest BCUT2D eigenvalue weighted by atomic mass is 9.87. The summed E-state index contributed by atoms with van der Waals surface area (Å²) in [6.07, 6.45) is 4.01. The molecule has 1 heterocycles. The van der Waals surface area contributed by atoms with Crippen molar-refractivity contribution in [3.8, 4) is 0 Å². The largest absolute Gasteiger partial charge is 0.451 e. The van der Waals surface area contributed by atoms with Crippen LogP contribution in [0.25, 0.3) is 0 Å². The molecule has 1 saturated carbocycles. The number of pyridine rings is 1.